The number of nitrogens with zero attached hydrogens (tertiary/aromatic N) is 3. The molecular formula is C27H36N4OS. The highest BCUT2D eigenvalue weighted by Crippen LogP contribution is 2.34. The van der Waals surface area contributed by atoms with Crippen LogP contribution in [0, 0.1) is 13.8 Å². The van der Waals surface area contributed by atoms with Gasteiger partial charge in [0.05, 0.1) is 11.7 Å². The van der Waals surface area contributed by atoms with Gasteiger partial charge in [0.2, 0.25) is 5.91 Å². The molecule has 4 heterocycles. The molecule has 1 atom stereocenters. The Morgan fingerprint density at radius 3 is 2.42 bits per heavy atom. The smallest absolute Gasteiger partial charge is 0.239 e. The summed E-state index contributed by atoms with van der Waals surface area (Å²) in [6.07, 6.45) is 3.36. The quantitative estimate of drug-likeness (QED) is 0.576. The second-order valence-corrected chi connectivity index (χ2v) is 10.8. The van der Waals surface area contributed by atoms with Crippen LogP contribution in [0.3, 0.4) is 0 Å². The van der Waals surface area contributed by atoms with Crippen molar-refractivity contribution < 1.29 is 4.79 Å². The van der Waals surface area contributed by atoms with Crippen LogP contribution in [-0.4, -0.2) is 77.4 Å². The molecule has 5 nitrogen and oxygen atoms in total. The lowest BCUT2D eigenvalue weighted by Gasteiger charge is -2.38. The first-order valence-electron chi connectivity index (χ1n) is 12.4. The first-order valence-corrected chi connectivity index (χ1v) is 13.3. The number of aromatic nitrogens is 1. The van der Waals surface area contributed by atoms with Crippen LogP contribution in [0.4, 0.5) is 0 Å². The van der Waals surface area contributed by atoms with E-state index in [9.17, 15) is 4.79 Å². The summed E-state index contributed by atoms with van der Waals surface area (Å²) in [5.74, 6) is 0.325. The number of thiophene rings is 1. The van der Waals surface area contributed by atoms with E-state index in [1.807, 2.05) is 0 Å². The van der Waals surface area contributed by atoms with E-state index in [0.717, 1.165) is 65.1 Å². The molecule has 2 saturated heterocycles. The summed E-state index contributed by atoms with van der Waals surface area (Å²) in [4.78, 5) is 24.8. The standard InChI is InChI=1S/C27H36N4OS/c1-19-16-20(2)18-22(17-19)25-23(24-7-15-33-26(24)28-25)6-10-29-11-13-30(14-12-29)21(3)27(32)31-8-4-5-9-31/h7,15-18,21,28H,4-6,8-14H2,1-3H3. The largest absolute Gasteiger partial charge is 0.346 e. The molecule has 6 heteroatoms. The van der Waals surface area contributed by atoms with Crippen molar-refractivity contribution in [2.45, 2.75) is 46.1 Å². The van der Waals surface area contributed by atoms with Gasteiger partial charge in [-0.05, 0) is 74.7 Å². The fourth-order valence-corrected chi connectivity index (χ4v) is 6.41. The van der Waals surface area contributed by atoms with Gasteiger partial charge in [0.15, 0.2) is 0 Å². The number of aryl methyl sites for hydroxylation is 2. The lowest BCUT2D eigenvalue weighted by molar-refractivity contribution is -0.136. The number of carbonyl (C=O) groups excluding carboxylic acids is 1. The van der Waals surface area contributed by atoms with Crippen molar-refractivity contribution in [3.8, 4) is 11.3 Å². The summed E-state index contributed by atoms with van der Waals surface area (Å²) in [7, 11) is 0. The third-order valence-corrected chi connectivity index (χ3v) is 8.28. The molecule has 5 rings (SSSR count). The summed E-state index contributed by atoms with van der Waals surface area (Å²) in [6, 6.07) is 9.11. The van der Waals surface area contributed by atoms with E-state index in [4.69, 9.17) is 0 Å². The van der Waals surface area contributed by atoms with Crippen LogP contribution < -0.4 is 0 Å². The highest BCUT2D eigenvalue weighted by molar-refractivity contribution is 7.16. The van der Waals surface area contributed by atoms with Crippen LogP contribution in [0.5, 0.6) is 0 Å². The second kappa shape index (κ2) is 9.61. The second-order valence-electron chi connectivity index (χ2n) is 9.85. The number of piperazine rings is 1. The lowest BCUT2D eigenvalue weighted by Crippen LogP contribution is -2.54. The topological polar surface area (TPSA) is 42.6 Å². The number of benzene rings is 1. The van der Waals surface area contributed by atoms with Crippen molar-refractivity contribution in [3.05, 3.63) is 46.3 Å². The Bertz CT molecular complexity index is 1100. The van der Waals surface area contributed by atoms with Gasteiger partial charge in [0, 0.05) is 51.2 Å². The molecule has 0 saturated carbocycles. The normalized spacial score (nSPS) is 18.9. The van der Waals surface area contributed by atoms with Gasteiger partial charge in [-0.15, -0.1) is 11.3 Å². The molecular weight excluding hydrogens is 428 g/mol. The minimum Gasteiger partial charge on any atom is -0.346 e. The van der Waals surface area contributed by atoms with Gasteiger partial charge < -0.3 is 14.8 Å². The molecule has 0 radical (unpaired) electrons. The van der Waals surface area contributed by atoms with Crippen molar-refractivity contribution in [1.29, 1.82) is 0 Å². The van der Waals surface area contributed by atoms with Crippen molar-refractivity contribution >= 4 is 27.5 Å². The van der Waals surface area contributed by atoms with Gasteiger partial charge in [-0.2, -0.15) is 0 Å². The van der Waals surface area contributed by atoms with Crippen molar-refractivity contribution in [2.75, 3.05) is 45.8 Å². The number of aromatic amines is 1. The third kappa shape index (κ3) is 4.75. The number of hydrogen-bond donors (Lipinski definition) is 1. The molecule has 1 aromatic carbocycles. The van der Waals surface area contributed by atoms with Gasteiger partial charge in [0.25, 0.3) is 0 Å². The average Bonchev–Trinajstić information content (AvgIpc) is 3.54. The number of amides is 1. The minimum absolute atomic E-state index is 0.0107. The van der Waals surface area contributed by atoms with E-state index in [2.05, 4.69) is 70.1 Å². The van der Waals surface area contributed by atoms with Crippen LogP contribution in [-0.2, 0) is 11.2 Å². The third-order valence-electron chi connectivity index (χ3n) is 7.45. The molecule has 1 N–H and O–H groups in total. The summed E-state index contributed by atoms with van der Waals surface area (Å²) in [5, 5.41) is 3.56. The summed E-state index contributed by atoms with van der Waals surface area (Å²) < 4.78 is 0. The van der Waals surface area contributed by atoms with Crippen LogP contribution in [0.15, 0.2) is 29.6 Å². The van der Waals surface area contributed by atoms with Gasteiger partial charge >= 0.3 is 0 Å². The molecule has 2 aliphatic rings. The Hall–Kier alpha value is -2.15. The van der Waals surface area contributed by atoms with Gasteiger partial charge in [-0.3, -0.25) is 9.69 Å². The average molecular weight is 465 g/mol. The van der Waals surface area contributed by atoms with Crippen molar-refractivity contribution in [3.63, 3.8) is 0 Å². The Morgan fingerprint density at radius 1 is 1.03 bits per heavy atom. The molecule has 1 unspecified atom stereocenters. The Balaban J connectivity index is 1.24. The number of rotatable bonds is 6. The van der Waals surface area contributed by atoms with Crippen LogP contribution in [0.1, 0.15) is 36.5 Å². The fourth-order valence-electron chi connectivity index (χ4n) is 5.59. The van der Waals surface area contributed by atoms with Gasteiger partial charge in [-0.1, -0.05) is 17.2 Å². The SMILES string of the molecule is Cc1cc(C)cc(-c2[nH]c3sccc3c2CCN2CCN(C(C)C(=O)N3CCCC3)CC2)c1. The first-order chi connectivity index (χ1) is 16.0. The Morgan fingerprint density at radius 2 is 1.73 bits per heavy atom. The molecule has 0 aliphatic carbocycles. The Kier molecular flexibility index (Phi) is 6.59. The predicted octanol–water partition coefficient (Wildman–Crippen LogP) is 4.68. The maximum atomic E-state index is 12.8. The summed E-state index contributed by atoms with van der Waals surface area (Å²) in [6.45, 7) is 13.4. The van der Waals surface area contributed by atoms with Crippen LogP contribution >= 0.6 is 11.3 Å². The van der Waals surface area contributed by atoms with Gasteiger partial charge in [0.1, 0.15) is 4.83 Å². The molecule has 176 valence electrons. The zero-order valence-corrected chi connectivity index (χ0v) is 21.0. The Labute approximate surface area is 201 Å². The zero-order chi connectivity index (χ0) is 22.9. The van der Waals surface area contributed by atoms with E-state index in [1.165, 1.54) is 38.2 Å². The number of carbonyl (C=O) groups is 1. The maximum Gasteiger partial charge on any atom is 0.239 e. The molecule has 3 aromatic rings. The molecule has 33 heavy (non-hydrogen) atoms. The van der Waals surface area contributed by atoms with Crippen LogP contribution in [0.25, 0.3) is 21.5 Å². The lowest BCUT2D eigenvalue weighted by atomic mass is 10.00. The number of likely N-dealkylation sites (tertiary alicyclic amines) is 1. The fraction of sp³-hybridized carbons (Fsp3) is 0.519. The van der Waals surface area contributed by atoms with Crippen molar-refractivity contribution in [1.82, 2.24) is 19.7 Å². The number of fused-ring (bicyclic) bond motifs is 1. The van der Waals surface area contributed by atoms with Crippen LogP contribution in [0.2, 0.25) is 0 Å². The van der Waals surface area contributed by atoms with E-state index in [1.54, 1.807) is 11.3 Å². The number of H-pyrrole nitrogens is 1. The highest BCUT2D eigenvalue weighted by atomic mass is 32.1. The van der Waals surface area contributed by atoms with E-state index in [-0.39, 0.29) is 6.04 Å². The van der Waals surface area contributed by atoms with E-state index >= 15 is 0 Å². The molecule has 0 bridgehead atoms. The molecule has 1 amide bonds. The summed E-state index contributed by atoms with van der Waals surface area (Å²) >= 11 is 1.79. The monoisotopic (exact) mass is 464 g/mol. The first kappa shape index (κ1) is 22.6. The minimum atomic E-state index is 0.0107. The van der Waals surface area contributed by atoms with E-state index in [0.29, 0.717) is 5.91 Å². The van der Waals surface area contributed by atoms with Crippen molar-refractivity contribution in [2.24, 2.45) is 0 Å². The molecule has 0 spiro atoms. The zero-order valence-electron chi connectivity index (χ0n) is 20.2. The molecule has 2 aromatic heterocycles. The number of hydrogen-bond acceptors (Lipinski definition) is 4. The summed E-state index contributed by atoms with van der Waals surface area (Å²) in [5.41, 5.74) is 6.64. The molecule has 2 fully saturated rings. The van der Waals surface area contributed by atoms with E-state index < -0.39 is 0 Å². The molecule has 2 aliphatic heterocycles. The predicted molar refractivity (Wildman–Crippen MR) is 138 cm³/mol. The number of nitrogens with one attached hydrogen (secondary N) is 1. The maximum absolute atomic E-state index is 12.8. The van der Waals surface area contributed by atoms with Gasteiger partial charge in [-0.25, -0.2) is 0 Å². The highest BCUT2D eigenvalue weighted by Gasteiger charge is 2.30.